The van der Waals surface area contributed by atoms with Crippen LogP contribution >= 0.6 is 11.8 Å². The van der Waals surface area contributed by atoms with Gasteiger partial charge in [-0.25, -0.2) is 4.98 Å². The van der Waals surface area contributed by atoms with Crippen molar-refractivity contribution in [3.05, 3.63) is 102 Å². The van der Waals surface area contributed by atoms with Crippen molar-refractivity contribution in [2.75, 3.05) is 25.4 Å². The summed E-state index contributed by atoms with van der Waals surface area (Å²) >= 11 is 1.70. The Morgan fingerprint density at radius 3 is 2.39 bits per heavy atom. The number of nitrogens with zero attached hydrogens (tertiary/aromatic N) is 2. The summed E-state index contributed by atoms with van der Waals surface area (Å²) in [5, 5.41) is 4.03. The number of hydrogen-bond acceptors (Lipinski definition) is 5. The third-order valence-electron chi connectivity index (χ3n) is 8.44. The van der Waals surface area contributed by atoms with E-state index in [0.717, 1.165) is 73.2 Å². The maximum absolute atomic E-state index is 14.1. The summed E-state index contributed by atoms with van der Waals surface area (Å²) in [4.78, 5) is 35.2. The molecule has 230 valence electrons. The van der Waals surface area contributed by atoms with Crippen molar-refractivity contribution < 1.29 is 9.59 Å². The zero-order chi connectivity index (χ0) is 30.6. The number of rotatable bonds is 15. The number of unbranched alkanes of at least 4 members (excludes halogenated alkanes) is 1. The van der Waals surface area contributed by atoms with Gasteiger partial charge in [0, 0.05) is 28.9 Å². The number of Topliss-reactive ketones (excluding diaryl/α,β-unsaturated/α-hetero) is 1. The highest BCUT2D eigenvalue weighted by molar-refractivity contribution is 7.98. The monoisotopic (exact) mass is 607 g/mol. The molecule has 0 saturated carbocycles. The van der Waals surface area contributed by atoms with Crippen LogP contribution in [-0.4, -0.2) is 53.0 Å². The Kier molecular flexibility index (Phi) is 12.0. The molecule has 0 bridgehead atoms. The number of likely N-dealkylation sites (tertiary alicyclic amines) is 1. The van der Waals surface area contributed by atoms with Crippen LogP contribution in [-0.2, 0) is 17.0 Å². The van der Waals surface area contributed by atoms with E-state index in [1.807, 2.05) is 60.7 Å². The minimum Gasteiger partial charge on any atom is -0.341 e. The molecule has 1 N–H and O–H groups in total. The minimum atomic E-state index is -0.552. The molecule has 0 aliphatic carbocycles. The summed E-state index contributed by atoms with van der Waals surface area (Å²) in [7, 11) is 0. The molecule has 5 nitrogen and oxygen atoms in total. The van der Waals surface area contributed by atoms with Crippen molar-refractivity contribution >= 4 is 34.4 Å². The number of pyridine rings is 1. The van der Waals surface area contributed by atoms with Crippen LogP contribution in [0.5, 0.6) is 0 Å². The summed E-state index contributed by atoms with van der Waals surface area (Å²) in [6, 6.07) is 27.9. The Balaban J connectivity index is 1.38. The number of amides is 1. The fraction of sp³-hybridized carbons (Fsp3) is 0.395. The van der Waals surface area contributed by atoms with Crippen molar-refractivity contribution in [1.82, 2.24) is 15.2 Å². The Labute approximate surface area is 266 Å². The van der Waals surface area contributed by atoms with Crippen molar-refractivity contribution in [3.63, 3.8) is 0 Å². The van der Waals surface area contributed by atoms with E-state index in [4.69, 9.17) is 4.98 Å². The molecule has 3 aromatic carbocycles. The second-order valence-corrected chi connectivity index (χ2v) is 12.9. The van der Waals surface area contributed by atoms with Gasteiger partial charge in [-0.05, 0) is 81.1 Å². The topological polar surface area (TPSA) is 62.3 Å². The van der Waals surface area contributed by atoms with Gasteiger partial charge >= 0.3 is 0 Å². The number of hydrogen-bond donors (Lipinski definition) is 1. The van der Waals surface area contributed by atoms with Gasteiger partial charge in [0.25, 0.3) is 5.91 Å². The molecule has 44 heavy (non-hydrogen) atoms. The molecule has 0 radical (unpaired) electrons. The van der Waals surface area contributed by atoms with Crippen LogP contribution in [0.25, 0.3) is 22.2 Å². The normalized spacial score (nSPS) is 14.4. The number of thioether (sulfide) groups is 1. The SMILES string of the molecule is CCCCc1ccc2nc(-c3ccccc3)cc(C(=O)NC(CSCc3ccccc3)C(=O)CCCN3CCCCC3)c2c1. The number of aryl methyl sites for hydroxylation is 1. The standard InChI is InChI=1S/C38H45N3O2S/c1-2-3-14-29-20-21-34-32(25-29)33(26-35(39-34)31-17-9-5-10-18-31)38(43)40-36(28-44-27-30-15-7-4-8-16-30)37(42)19-13-24-41-22-11-6-12-23-41/h4-5,7-10,15-18,20-21,25-26,36H,2-3,6,11-14,19,22-24,27-28H2,1H3,(H,40,43). The van der Waals surface area contributed by atoms with Gasteiger partial charge in [0.15, 0.2) is 5.78 Å². The van der Waals surface area contributed by atoms with E-state index in [1.54, 1.807) is 11.8 Å². The molecule has 1 atom stereocenters. The van der Waals surface area contributed by atoms with Gasteiger partial charge in [0.05, 0.1) is 22.8 Å². The van der Waals surface area contributed by atoms with Crippen LogP contribution in [0.3, 0.4) is 0 Å². The van der Waals surface area contributed by atoms with Crippen molar-refractivity contribution in [2.45, 2.75) is 70.1 Å². The van der Waals surface area contributed by atoms with Crippen LogP contribution in [0.4, 0.5) is 0 Å². The lowest BCUT2D eigenvalue weighted by Crippen LogP contribution is -2.43. The molecule has 4 aromatic rings. The van der Waals surface area contributed by atoms with Gasteiger partial charge in [-0.2, -0.15) is 11.8 Å². The van der Waals surface area contributed by atoms with E-state index in [-0.39, 0.29) is 11.7 Å². The molecule has 5 rings (SSSR count). The predicted octanol–water partition coefficient (Wildman–Crippen LogP) is 8.11. The van der Waals surface area contributed by atoms with E-state index in [1.165, 1.54) is 30.4 Å². The van der Waals surface area contributed by atoms with Gasteiger partial charge in [0.1, 0.15) is 0 Å². The third-order valence-corrected chi connectivity index (χ3v) is 9.55. The first-order chi connectivity index (χ1) is 21.6. The highest BCUT2D eigenvalue weighted by Crippen LogP contribution is 2.27. The number of carbonyl (C=O) groups excluding carboxylic acids is 2. The Bertz CT molecular complexity index is 1500. The highest BCUT2D eigenvalue weighted by atomic mass is 32.2. The molecule has 0 spiro atoms. The smallest absolute Gasteiger partial charge is 0.252 e. The molecule has 1 aliphatic heterocycles. The maximum atomic E-state index is 14.1. The molecular formula is C38H45N3O2S. The van der Waals surface area contributed by atoms with Crippen LogP contribution in [0.1, 0.15) is 73.4 Å². The molecule has 1 unspecified atom stereocenters. The lowest BCUT2D eigenvalue weighted by molar-refractivity contribution is -0.120. The second-order valence-electron chi connectivity index (χ2n) is 11.9. The zero-order valence-electron chi connectivity index (χ0n) is 26.0. The first-order valence-electron chi connectivity index (χ1n) is 16.3. The molecular weight excluding hydrogens is 563 g/mol. The van der Waals surface area contributed by atoms with Crippen LogP contribution in [0.2, 0.25) is 0 Å². The predicted molar refractivity (Wildman–Crippen MR) is 184 cm³/mol. The van der Waals surface area contributed by atoms with E-state index in [0.29, 0.717) is 17.7 Å². The van der Waals surface area contributed by atoms with E-state index >= 15 is 0 Å². The Morgan fingerprint density at radius 2 is 1.64 bits per heavy atom. The summed E-state index contributed by atoms with van der Waals surface area (Å²) in [5.74, 6) is 1.24. The van der Waals surface area contributed by atoms with Crippen molar-refractivity contribution in [3.8, 4) is 11.3 Å². The van der Waals surface area contributed by atoms with E-state index in [2.05, 4.69) is 41.4 Å². The van der Waals surface area contributed by atoms with Crippen LogP contribution in [0.15, 0.2) is 84.9 Å². The fourth-order valence-corrected chi connectivity index (χ4v) is 6.96. The van der Waals surface area contributed by atoms with E-state index < -0.39 is 6.04 Å². The van der Waals surface area contributed by atoms with Crippen LogP contribution in [0, 0.1) is 0 Å². The largest absolute Gasteiger partial charge is 0.341 e. The zero-order valence-corrected chi connectivity index (χ0v) is 26.8. The average molecular weight is 608 g/mol. The Hall–Kier alpha value is -3.48. The molecule has 1 aromatic heterocycles. The number of benzene rings is 3. The molecule has 1 fully saturated rings. The summed E-state index contributed by atoms with van der Waals surface area (Å²) in [6.07, 6.45) is 8.25. The van der Waals surface area contributed by atoms with Crippen molar-refractivity contribution in [1.29, 1.82) is 0 Å². The van der Waals surface area contributed by atoms with Crippen LogP contribution < -0.4 is 5.32 Å². The number of aromatic nitrogens is 1. The highest BCUT2D eigenvalue weighted by Gasteiger charge is 2.24. The second kappa shape index (κ2) is 16.6. The lowest BCUT2D eigenvalue weighted by atomic mass is 9.99. The quantitative estimate of drug-likeness (QED) is 0.148. The van der Waals surface area contributed by atoms with Gasteiger partial charge in [0.2, 0.25) is 0 Å². The van der Waals surface area contributed by atoms with Gasteiger partial charge < -0.3 is 10.2 Å². The van der Waals surface area contributed by atoms with E-state index in [9.17, 15) is 9.59 Å². The number of ketones is 1. The first-order valence-corrected chi connectivity index (χ1v) is 17.4. The maximum Gasteiger partial charge on any atom is 0.252 e. The average Bonchev–Trinajstić information content (AvgIpc) is 3.07. The number of carbonyl (C=O) groups is 2. The molecule has 2 heterocycles. The molecule has 1 amide bonds. The summed E-state index contributed by atoms with van der Waals surface area (Å²) in [6.45, 7) is 5.38. The van der Waals surface area contributed by atoms with Gasteiger partial charge in [-0.1, -0.05) is 86.5 Å². The fourth-order valence-electron chi connectivity index (χ4n) is 5.91. The number of nitrogens with one attached hydrogen (secondary N) is 1. The third kappa shape index (κ3) is 9.02. The number of piperidine rings is 1. The molecule has 1 aliphatic rings. The molecule has 1 saturated heterocycles. The summed E-state index contributed by atoms with van der Waals surface area (Å²) in [5.41, 5.74) is 5.50. The number of fused-ring (bicyclic) bond motifs is 1. The van der Waals surface area contributed by atoms with Crippen molar-refractivity contribution in [2.24, 2.45) is 0 Å². The van der Waals surface area contributed by atoms with Gasteiger partial charge in [-0.15, -0.1) is 0 Å². The van der Waals surface area contributed by atoms with Gasteiger partial charge in [-0.3, -0.25) is 9.59 Å². The first kappa shape index (κ1) is 31.9. The molecule has 6 heteroatoms. The summed E-state index contributed by atoms with van der Waals surface area (Å²) < 4.78 is 0. The minimum absolute atomic E-state index is 0.112. The lowest BCUT2D eigenvalue weighted by Gasteiger charge is -2.26. The Morgan fingerprint density at radius 1 is 0.886 bits per heavy atom.